The Morgan fingerprint density at radius 3 is 2.72 bits per heavy atom. The summed E-state index contributed by atoms with van der Waals surface area (Å²) in [6, 6.07) is 1.89. The van der Waals surface area contributed by atoms with Crippen molar-refractivity contribution in [2.75, 3.05) is 18.5 Å². The largest absolute Gasteiger partial charge is 0.396 e. The fourth-order valence-electron chi connectivity index (χ4n) is 1.69. The SMILES string of the molecule is CCc1nc(Br)cc(NCC(C)(C)CCCO)n1. The molecule has 0 spiro atoms. The molecular weight excluding hydrogens is 294 g/mol. The summed E-state index contributed by atoms with van der Waals surface area (Å²) < 4.78 is 0.810. The van der Waals surface area contributed by atoms with Gasteiger partial charge in [0.1, 0.15) is 16.2 Å². The van der Waals surface area contributed by atoms with E-state index in [-0.39, 0.29) is 12.0 Å². The average molecular weight is 316 g/mol. The number of aliphatic hydroxyl groups excluding tert-OH is 1. The Balaban J connectivity index is 2.59. The van der Waals surface area contributed by atoms with Gasteiger partial charge in [-0.3, -0.25) is 0 Å². The van der Waals surface area contributed by atoms with Crippen LogP contribution in [0.1, 0.15) is 39.4 Å². The standard InChI is InChI=1S/C13H22BrN3O/c1-4-11-16-10(14)8-12(17-11)15-9-13(2,3)6-5-7-18/h8,18H,4-7,9H2,1-3H3,(H,15,16,17). The molecule has 5 heteroatoms. The van der Waals surface area contributed by atoms with Gasteiger partial charge in [0, 0.05) is 25.6 Å². The lowest BCUT2D eigenvalue weighted by Crippen LogP contribution is -2.24. The van der Waals surface area contributed by atoms with Crippen LogP contribution >= 0.6 is 15.9 Å². The van der Waals surface area contributed by atoms with E-state index in [0.29, 0.717) is 0 Å². The van der Waals surface area contributed by atoms with Gasteiger partial charge in [-0.25, -0.2) is 9.97 Å². The zero-order valence-electron chi connectivity index (χ0n) is 11.3. The molecule has 0 atom stereocenters. The highest BCUT2D eigenvalue weighted by Gasteiger charge is 2.17. The lowest BCUT2D eigenvalue weighted by atomic mass is 9.88. The highest BCUT2D eigenvalue weighted by Crippen LogP contribution is 2.23. The molecule has 0 bridgehead atoms. The summed E-state index contributed by atoms with van der Waals surface area (Å²) in [7, 11) is 0. The normalized spacial score (nSPS) is 11.6. The van der Waals surface area contributed by atoms with Crippen LogP contribution in [0.3, 0.4) is 0 Å². The minimum Gasteiger partial charge on any atom is -0.396 e. The van der Waals surface area contributed by atoms with E-state index in [4.69, 9.17) is 5.11 Å². The van der Waals surface area contributed by atoms with E-state index in [2.05, 4.69) is 45.1 Å². The molecule has 0 fully saturated rings. The molecule has 0 saturated carbocycles. The number of anilines is 1. The fraction of sp³-hybridized carbons (Fsp3) is 0.692. The van der Waals surface area contributed by atoms with Gasteiger partial charge in [0.2, 0.25) is 0 Å². The van der Waals surface area contributed by atoms with Crippen LogP contribution in [-0.4, -0.2) is 28.2 Å². The van der Waals surface area contributed by atoms with Gasteiger partial charge < -0.3 is 10.4 Å². The van der Waals surface area contributed by atoms with Crippen molar-refractivity contribution in [3.8, 4) is 0 Å². The summed E-state index contributed by atoms with van der Waals surface area (Å²) in [6.45, 7) is 7.50. The van der Waals surface area contributed by atoms with E-state index in [9.17, 15) is 0 Å². The Morgan fingerprint density at radius 2 is 2.11 bits per heavy atom. The van der Waals surface area contributed by atoms with E-state index in [1.54, 1.807) is 0 Å². The fourth-order valence-corrected chi connectivity index (χ4v) is 2.11. The van der Waals surface area contributed by atoms with Gasteiger partial charge in [-0.2, -0.15) is 0 Å². The Labute approximate surface area is 117 Å². The molecule has 18 heavy (non-hydrogen) atoms. The van der Waals surface area contributed by atoms with Gasteiger partial charge in [0.25, 0.3) is 0 Å². The van der Waals surface area contributed by atoms with Crippen LogP contribution < -0.4 is 5.32 Å². The van der Waals surface area contributed by atoms with Crippen molar-refractivity contribution in [3.63, 3.8) is 0 Å². The molecule has 0 aliphatic rings. The molecule has 0 aromatic carbocycles. The third-order valence-corrected chi connectivity index (χ3v) is 3.22. The monoisotopic (exact) mass is 315 g/mol. The number of aryl methyl sites for hydroxylation is 1. The molecule has 1 rings (SSSR count). The summed E-state index contributed by atoms with van der Waals surface area (Å²) in [4.78, 5) is 8.71. The topological polar surface area (TPSA) is 58.0 Å². The molecule has 0 saturated heterocycles. The zero-order chi connectivity index (χ0) is 13.6. The number of halogens is 1. The lowest BCUT2D eigenvalue weighted by molar-refractivity contribution is 0.248. The molecule has 0 radical (unpaired) electrons. The zero-order valence-corrected chi connectivity index (χ0v) is 12.9. The number of aliphatic hydroxyl groups is 1. The number of nitrogens with one attached hydrogen (secondary N) is 1. The summed E-state index contributed by atoms with van der Waals surface area (Å²) >= 11 is 3.39. The molecule has 0 unspecified atom stereocenters. The highest BCUT2D eigenvalue weighted by atomic mass is 79.9. The van der Waals surface area contributed by atoms with Crippen molar-refractivity contribution < 1.29 is 5.11 Å². The third-order valence-electron chi connectivity index (χ3n) is 2.82. The second-order valence-electron chi connectivity index (χ2n) is 5.19. The molecule has 0 amide bonds. The van der Waals surface area contributed by atoms with Crippen molar-refractivity contribution in [2.45, 2.75) is 40.0 Å². The first kappa shape index (κ1) is 15.4. The Bertz CT molecular complexity index is 382. The van der Waals surface area contributed by atoms with Crippen molar-refractivity contribution in [1.82, 2.24) is 9.97 Å². The van der Waals surface area contributed by atoms with Crippen molar-refractivity contribution in [3.05, 3.63) is 16.5 Å². The summed E-state index contributed by atoms with van der Waals surface area (Å²) in [5.74, 6) is 1.69. The summed E-state index contributed by atoms with van der Waals surface area (Å²) in [5.41, 5.74) is 0.145. The van der Waals surface area contributed by atoms with Crippen molar-refractivity contribution >= 4 is 21.7 Å². The predicted octanol–water partition coefficient (Wildman–Crippen LogP) is 3.01. The van der Waals surface area contributed by atoms with Gasteiger partial charge in [-0.05, 0) is 34.2 Å². The molecule has 4 nitrogen and oxygen atoms in total. The molecule has 1 aromatic heterocycles. The third kappa shape index (κ3) is 5.31. The first-order valence-corrected chi connectivity index (χ1v) is 7.14. The number of hydrogen-bond acceptors (Lipinski definition) is 4. The minimum atomic E-state index is 0.145. The van der Waals surface area contributed by atoms with Crippen LogP contribution in [0.5, 0.6) is 0 Å². The number of hydrogen-bond donors (Lipinski definition) is 2. The van der Waals surface area contributed by atoms with Crippen LogP contribution in [0.25, 0.3) is 0 Å². The van der Waals surface area contributed by atoms with E-state index >= 15 is 0 Å². The molecular formula is C13H22BrN3O. The van der Waals surface area contributed by atoms with Gasteiger partial charge >= 0.3 is 0 Å². The van der Waals surface area contributed by atoms with Crippen LogP contribution in [0.15, 0.2) is 10.7 Å². The quantitative estimate of drug-likeness (QED) is 0.759. The number of rotatable bonds is 7. The van der Waals surface area contributed by atoms with E-state index in [1.807, 2.05) is 13.0 Å². The predicted molar refractivity (Wildman–Crippen MR) is 77.7 cm³/mol. The minimum absolute atomic E-state index is 0.145. The summed E-state index contributed by atoms with van der Waals surface area (Å²) in [5, 5.41) is 12.2. The second kappa shape index (κ2) is 7.04. The Hall–Kier alpha value is -0.680. The first-order valence-electron chi connectivity index (χ1n) is 6.35. The van der Waals surface area contributed by atoms with Crippen molar-refractivity contribution in [2.24, 2.45) is 5.41 Å². The average Bonchev–Trinajstić information content (AvgIpc) is 2.33. The Morgan fingerprint density at radius 1 is 1.39 bits per heavy atom. The van der Waals surface area contributed by atoms with E-state index < -0.39 is 0 Å². The lowest BCUT2D eigenvalue weighted by Gasteiger charge is -2.25. The van der Waals surface area contributed by atoms with Crippen LogP contribution in [0, 0.1) is 5.41 Å². The van der Waals surface area contributed by atoms with Crippen LogP contribution in [-0.2, 0) is 6.42 Å². The highest BCUT2D eigenvalue weighted by molar-refractivity contribution is 9.10. The first-order chi connectivity index (χ1) is 8.46. The van der Waals surface area contributed by atoms with Crippen LogP contribution in [0.2, 0.25) is 0 Å². The molecule has 0 aliphatic carbocycles. The second-order valence-corrected chi connectivity index (χ2v) is 6.00. The molecule has 102 valence electrons. The number of nitrogens with zero attached hydrogens (tertiary/aromatic N) is 2. The van der Waals surface area contributed by atoms with E-state index in [0.717, 1.165) is 42.1 Å². The molecule has 1 aromatic rings. The van der Waals surface area contributed by atoms with Crippen LogP contribution in [0.4, 0.5) is 5.82 Å². The summed E-state index contributed by atoms with van der Waals surface area (Å²) in [6.07, 6.45) is 2.65. The van der Waals surface area contributed by atoms with Gasteiger partial charge in [-0.1, -0.05) is 20.8 Å². The Kier molecular flexibility index (Phi) is 6.02. The van der Waals surface area contributed by atoms with Gasteiger partial charge in [0.05, 0.1) is 0 Å². The van der Waals surface area contributed by atoms with Crippen molar-refractivity contribution in [1.29, 1.82) is 0 Å². The van der Waals surface area contributed by atoms with Gasteiger partial charge in [0.15, 0.2) is 0 Å². The molecule has 1 heterocycles. The maximum absolute atomic E-state index is 8.87. The number of aromatic nitrogens is 2. The van der Waals surface area contributed by atoms with E-state index in [1.165, 1.54) is 0 Å². The maximum Gasteiger partial charge on any atom is 0.131 e. The van der Waals surface area contributed by atoms with Gasteiger partial charge in [-0.15, -0.1) is 0 Å². The molecule has 2 N–H and O–H groups in total. The molecule has 0 aliphatic heterocycles. The maximum atomic E-state index is 8.87. The smallest absolute Gasteiger partial charge is 0.131 e.